The van der Waals surface area contributed by atoms with E-state index in [9.17, 15) is 13.2 Å². The molecule has 0 spiro atoms. The molecule has 2 fully saturated rings. The molecule has 3 rings (SSSR count). The highest BCUT2D eigenvalue weighted by Crippen LogP contribution is 2.36. The summed E-state index contributed by atoms with van der Waals surface area (Å²) < 4.78 is 24.1. The second-order valence-electron chi connectivity index (χ2n) is 7.52. The van der Waals surface area contributed by atoms with Crippen molar-refractivity contribution < 1.29 is 13.2 Å². The van der Waals surface area contributed by atoms with Crippen LogP contribution in [0.4, 0.5) is 0 Å². The van der Waals surface area contributed by atoms with E-state index in [1.54, 1.807) is 11.8 Å². The van der Waals surface area contributed by atoms with Crippen LogP contribution in [0.2, 0.25) is 0 Å². The standard InChI is InChI=1S/C18H26N2O3S2/c1-11(2)24-16-5-3-12(4-6-16)18(21)20-17-13-7-15(19)8-14(17)10-25(22,23)9-13/h3-6,11,13-15,17H,7-10,19H2,1-2H3,(H,20,21). The van der Waals surface area contributed by atoms with Crippen LogP contribution in [0.3, 0.4) is 0 Å². The Balaban J connectivity index is 1.70. The number of rotatable bonds is 4. The Kier molecular flexibility index (Phi) is 5.46. The van der Waals surface area contributed by atoms with Crippen LogP contribution in [0.5, 0.6) is 0 Å². The van der Waals surface area contributed by atoms with Crippen molar-refractivity contribution in [3.8, 4) is 0 Å². The largest absolute Gasteiger partial charge is 0.349 e. The predicted molar refractivity (Wildman–Crippen MR) is 102 cm³/mol. The van der Waals surface area contributed by atoms with Gasteiger partial charge in [0.1, 0.15) is 0 Å². The van der Waals surface area contributed by atoms with E-state index in [1.807, 2.05) is 24.3 Å². The van der Waals surface area contributed by atoms with Crippen LogP contribution >= 0.6 is 11.8 Å². The van der Waals surface area contributed by atoms with Gasteiger partial charge in [0, 0.05) is 27.8 Å². The normalized spacial score (nSPS) is 30.9. The SMILES string of the molecule is CC(C)Sc1ccc(C(=O)NC2C3CC(N)CC2CS(=O)(=O)C3)cc1. The first-order valence-corrected chi connectivity index (χ1v) is 11.5. The predicted octanol–water partition coefficient (Wildman–Crippen LogP) is 2.07. The van der Waals surface area contributed by atoms with Crippen molar-refractivity contribution >= 4 is 27.5 Å². The summed E-state index contributed by atoms with van der Waals surface area (Å²) in [4.78, 5) is 13.8. The number of carbonyl (C=O) groups excluding carboxylic acids is 1. The summed E-state index contributed by atoms with van der Waals surface area (Å²) in [7, 11) is -3.03. The smallest absolute Gasteiger partial charge is 0.251 e. The number of nitrogens with two attached hydrogens (primary N) is 1. The third-order valence-corrected chi connectivity index (χ3v) is 7.84. The van der Waals surface area contributed by atoms with E-state index in [0.717, 1.165) is 4.90 Å². The second kappa shape index (κ2) is 7.29. The molecular formula is C18H26N2O3S2. The number of nitrogens with one attached hydrogen (secondary N) is 1. The van der Waals surface area contributed by atoms with Gasteiger partial charge >= 0.3 is 0 Å². The Bertz CT molecular complexity index is 709. The molecule has 0 radical (unpaired) electrons. The highest BCUT2D eigenvalue weighted by molar-refractivity contribution is 7.99. The Morgan fingerprint density at radius 2 is 1.72 bits per heavy atom. The Morgan fingerprint density at radius 3 is 2.24 bits per heavy atom. The van der Waals surface area contributed by atoms with Gasteiger partial charge in [0.05, 0.1) is 11.5 Å². The molecule has 3 N–H and O–H groups in total. The van der Waals surface area contributed by atoms with Gasteiger partial charge in [-0.2, -0.15) is 0 Å². The highest BCUT2D eigenvalue weighted by atomic mass is 32.2. The van der Waals surface area contributed by atoms with E-state index in [1.165, 1.54) is 0 Å². The van der Waals surface area contributed by atoms with Crippen LogP contribution in [0.25, 0.3) is 0 Å². The molecule has 1 heterocycles. The zero-order valence-electron chi connectivity index (χ0n) is 14.6. The molecule has 7 heteroatoms. The maximum atomic E-state index is 12.6. The number of thioether (sulfide) groups is 1. The maximum absolute atomic E-state index is 12.6. The molecule has 2 aliphatic rings. The summed E-state index contributed by atoms with van der Waals surface area (Å²) in [5.41, 5.74) is 6.68. The maximum Gasteiger partial charge on any atom is 0.251 e. The molecule has 1 saturated heterocycles. The average molecular weight is 383 g/mol. The first-order valence-electron chi connectivity index (χ1n) is 8.77. The molecule has 2 unspecified atom stereocenters. The zero-order valence-corrected chi connectivity index (χ0v) is 16.3. The molecule has 25 heavy (non-hydrogen) atoms. The molecule has 2 atom stereocenters. The zero-order chi connectivity index (χ0) is 18.2. The Hall–Kier alpha value is -1.05. The number of hydrogen-bond acceptors (Lipinski definition) is 5. The van der Waals surface area contributed by atoms with E-state index >= 15 is 0 Å². The Morgan fingerprint density at radius 1 is 1.16 bits per heavy atom. The quantitative estimate of drug-likeness (QED) is 0.778. The van der Waals surface area contributed by atoms with Crippen LogP contribution in [0.15, 0.2) is 29.2 Å². The van der Waals surface area contributed by atoms with Gasteiger partial charge in [-0.25, -0.2) is 8.42 Å². The third-order valence-electron chi connectivity index (χ3n) is 4.95. The molecule has 1 aromatic carbocycles. The Labute approximate surface area is 154 Å². The van der Waals surface area contributed by atoms with E-state index in [0.29, 0.717) is 23.7 Å². The van der Waals surface area contributed by atoms with Crippen LogP contribution in [0, 0.1) is 11.8 Å². The lowest BCUT2D eigenvalue weighted by Crippen LogP contribution is -2.58. The van der Waals surface area contributed by atoms with Crippen molar-refractivity contribution in [3.05, 3.63) is 29.8 Å². The molecule has 1 aliphatic carbocycles. The summed E-state index contributed by atoms with van der Waals surface area (Å²) >= 11 is 1.76. The van der Waals surface area contributed by atoms with Crippen LogP contribution in [-0.2, 0) is 9.84 Å². The summed E-state index contributed by atoms with van der Waals surface area (Å²) in [5, 5.41) is 3.58. The molecule has 5 nitrogen and oxygen atoms in total. The van der Waals surface area contributed by atoms with Gasteiger partial charge in [-0.1, -0.05) is 13.8 Å². The summed E-state index contributed by atoms with van der Waals surface area (Å²) in [6, 6.07) is 7.53. The monoisotopic (exact) mass is 382 g/mol. The molecule has 1 aromatic rings. The van der Waals surface area contributed by atoms with Gasteiger partial charge in [0.25, 0.3) is 5.91 Å². The van der Waals surface area contributed by atoms with Gasteiger partial charge in [-0.15, -0.1) is 11.8 Å². The fraction of sp³-hybridized carbons (Fsp3) is 0.611. The highest BCUT2D eigenvalue weighted by Gasteiger charge is 2.45. The second-order valence-corrected chi connectivity index (χ2v) is 11.3. The van der Waals surface area contributed by atoms with E-state index in [-0.39, 0.29) is 41.3 Å². The molecule has 1 saturated carbocycles. The van der Waals surface area contributed by atoms with E-state index in [4.69, 9.17) is 5.73 Å². The van der Waals surface area contributed by atoms with Crippen molar-refractivity contribution in [1.29, 1.82) is 0 Å². The molecule has 2 bridgehead atoms. The number of carbonyl (C=O) groups is 1. The molecular weight excluding hydrogens is 356 g/mol. The summed E-state index contributed by atoms with van der Waals surface area (Å²) in [6.07, 6.45) is 1.31. The number of benzene rings is 1. The van der Waals surface area contributed by atoms with Crippen molar-refractivity contribution in [2.45, 2.75) is 48.9 Å². The fourth-order valence-corrected chi connectivity index (χ4v) is 7.01. The minimum absolute atomic E-state index is 0.0333. The number of hydrogen-bond donors (Lipinski definition) is 2. The lowest BCUT2D eigenvalue weighted by molar-refractivity contribution is 0.0866. The molecule has 1 aliphatic heterocycles. The topological polar surface area (TPSA) is 89.3 Å². The molecule has 1 amide bonds. The van der Waals surface area contributed by atoms with Crippen molar-refractivity contribution in [3.63, 3.8) is 0 Å². The van der Waals surface area contributed by atoms with Gasteiger partial charge < -0.3 is 11.1 Å². The third kappa shape index (κ3) is 4.57. The minimum atomic E-state index is -3.03. The molecule has 0 aromatic heterocycles. The van der Waals surface area contributed by atoms with Gasteiger partial charge in [0.15, 0.2) is 9.84 Å². The number of sulfone groups is 1. The lowest BCUT2D eigenvalue weighted by Gasteiger charge is -2.44. The average Bonchev–Trinajstić information content (AvgIpc) is 2.48. The minimum Gasteiger partial charge on any atom is -0.349 e. The van der Waals surface area contributed by atoms with E-state index < -0.39 is 9.84 Å². The van der Waals surface area contributed by atoms with Gasteiger partial charge in [-0.3, -0.25) is 4.79 Å². The van der Waals surface area contributed by atoms with Gasteiger partial charge in [-0.05, 0) is 48.9 Å². The van der Waals surface area contributed by atoms with Crippen molar-refractivity contribution in [2.75, 3.05) is 11.5 Å². The molecule has 138 valence electrons. The van der Waals surface area contributed by atoms with Crippen LogP contribution < -0.4 is 11.1 Å². The van der Waals surface area contributed by atoms with Crippen molar-refractivity contribution in [2.24, 2.45) is 17.6 Å². The number of amides is 1. The number of fused-ring (bicyclic) bond motifs is 2. The fourth-order valence-electron chi connectivity index (χ4n) is 4.04. The first-order chi connectivity index (χ1) is 11.7. The van der Waals surface area contributed by atoms with Gasteiger partial charge in [0.2, 0.25) is 0 Å². The van der Waals surface area contributed by atoms with Crippen LogP contribution in [-0.4, -0.2) is 43.2 Å². The lowest BCUT2D eigenvalue weighted by atomic mass is 9.75. The van der Waals surface area contributed by atoms with Crippen molar-refractivity contribution in [1.82, 2.24) is 5.32 Å². The van der Waals surface area contributed by atoms with E-state index in [2.05, 4.69) is 19.2 Å². The summed E-state index contributed by atoms with van der Waals surface area (Å²) in [5.74, 6) is -0.0200. The van der Waals surface area contributed by atoms with Crippen LogP contribution in [0.1, 0.15) is 37.0 Å². The first kappa shape index (κ1) is 18.7. The summed E-state index contributed by atoms with van der Waals surface area (Å²) in [6.45, 7) is 4.26.